The van der Waals surface area contributed by atoms with Crippen molar-refractivity contribution in [2.75, 3.05) is 26.2 Å². The van der Waals surface area contributed by atoms with E-state index in [0.29, 0.717) is 12.1 Å². The highest BCUT2D eigenvalue weighted by molar-refractivity contribution is 5.94. The van der Waals surface area contributed by atoms with E-state index in [1.165, 1.54) is 0 Å². The van der Waals surface area contributed by atoms with Gasteiger partial charge in [0.2, 0.25) is 0 Å². The van der Waals surface area contributed by atoms with Gasteiger partial charge in [0.15, 0.2) is 0 Å². The van der Waals surface area contributed by atoms with Crippen molar-refractivity contribution in [2.45, 2.75) is 25.8 Å². The monoisotopic (exact) mass is 262 g/mol. The number of aromatic nitrogens is 1. The van der Waals surface area contributed by atoms with Gasteiger partial charge in [0.05, 0.1) is 5.56 Å². The van der Waals surface area contributed by atoms with Gasteiger partial charge in [-0.1, -0.05) is 0 Å². The second-order valence-corrected chi connectivity index (χ2v) is 5.07. The fraction of sp³-hybridized carbons (Fsp3) is 0.571. The van der Waals surface area contributed by atoms with Gasteiger partial charge in [0.1, 0.15) is 0 Å². The third-order valence-electron chi connectivity index (χ3n) is 3.54. The molecule has 1 aliphatic rings. The largest absolute Gasteiger partial charge is 0.349 e. The Morgan fingerprint density at radius 1 is 1.47 bits per heavy atom. The molecule has 0 aliphatic carbocycles. The molecule has 0 unspecified atom stereocenters. The van der Waals surface area contributed by atoms with Crippen LogP contribution in [0.5, 0.6) is 0 Å². The van der Waals surface area contributed by atoms with E-state index >= 15 is 0 Å². The van der Waals surface area contributed by atoms with E-state index in [1.54, 1.807) is 6.20 Å². The van der Waals surface area contributed by atoms with Gasteiger partial charge in [-0.05, 0) is 31.9 Å². The molecule has 5 nitrogen and oxygen atoms in total. The minimum Gasteiger partial charge on any atom is -0.349 e. The van der Waals surface area contributed by atoms with Crippen molar-refractivity contribution >= 4 is 5.91 Å². The lowest BCUT2D eigenvalue weighted by Gasteiger charge is -2.31. The van der Waals surface area contributed by atoms with Gasteiger partial charge in [0, 0.05) is 44.1 Å². The summed E-state index contributed by atoms with van der Waals surface area (Å²) < 4.78 is 0. The van der Waals surface area contributed by atoms with Crippen molar-refractivity contribution in [3.63, 3.8) is 0 Å². The van der Waals surface area contributed by atoms with Crippen LogP contribution in [0.15, 0.2) is 18.3 Å². The van der Waals surface area contributed by atoms with E-state index in [2.05, 4.69) is 15.2 Å². The summed E-state index contributed by atoms with van der Waals surface area (Å²) in [6.45, 7) is 5.58. The van der Waals surface area contributed by atoms with E-state index in [-0.39, 0.29) is 11.9 Å². The molecule has 1 amide bonds. The van der Waals surface area contributed by atoms with Crippen molar-refractivity contribution in [1.82, 2.24) is 15.2 Å². The highest BCUT2D eigenvalue weighted by Crippen LogP contribution is 2.10. The Labute approximate surface area is 114 Å². The number of carbonyl (C=O) groups excluding carboxylic acids is 1. The second-order valence-electron chi connectivity index (χ2n) is 5.07. The number of nitrogens with two attached hydrogens (primary N) is 1. The molecule has 0 aromatic carbocycles. The fourth-order valence-corrected chi connectivity index (χ4v) is 2.35. The maximum atomic E-state index is 12.0. The zero-order valence-electron chi connectivity index (χ0n) is 11.4. The Bertz CT molecular complexity index is 410. The molecule has 5 heteroatoms. The van der Waals surface area contributed by atoms with Crippen LogP contribution < -0.4 is 11.1 Å². The van der Waals surface area contributed by atoms with Crippen LogP contribution in [-0.2, 0) is 0 Å². The van der Waals surface area contributed by atoms with Crippen LogP contribution in [0, 0.1) is 6.92 Å². The Kier molecular flexibility index (Phi) is 4.87. The lowest BCUT2D eigenvalue weighted by Crippen LogP contribution is -2.45. The number of aryl methyl sites for hydroxylation is 1. The van der Waals surface area contributed by atoms with E-state index in [4.69, 9.17) is 5.73 Å². The molecule has 1 fully saturated rings. The molecule has 0 atom stereocenters. The first-order valence-corrected chi connectivity index (χ1v) is 6.85. The third kappa shape index (κ3) is 4.01. The standard InChI is InChI=1S/C14H22N4O/c1-11-2-3-12(10-16-11)14(19)17-13-4-7-18(8-5-13)9-6-15/h2-3,10,13H,4-9,15H2,1H3,(H,17,19). The van der Waals surface area contributed by atoms with Crippen LogP contribution in [0.25, 0.3) is 0 Å². The number of likely N-dealkylation sites (tertiary alicyclic amines) is 1. The van der Waals surface area contributed by atoms with Crippen molar-refractivity contribution in [1.29, 1.82) is 0 Å². The number of rotatable bonds is 4. The third-order valence-corrected chi connectivity index (χ3v) is 3.54. The average molecular weight is 262 g/mol. The quantitative estimate of drug-likeness (QED) is 0.831. The number of hydrogen-bond acceptors (Lipinski definition) is 4. The Balaban J connectivity index is 1.82. The molecular weight excluding hydrogens is 240 g/mol. The highest BCUT2D eigenvalue weighted by Gasteiger charge is 2.20. The van der Waals surface area contributed by atoms with Gasteiger partial charge in [0.25, 0.3) is 5.91 Å². The summed E-state index contributed by atoms with van der Waals surface area (Å²) in [6.07, 6.45) is 3.62. The molecule has 1 aromatic rings. The molecule has 2 heterocycles. The summed E-state index contributed by atoms with van der Waals surface area (Å²) in [4.78, 5) is 18.5. The number of nitrogens with zero attached hydrogens (tertiary/aromatic N) is 2. The maximum Gasteiger partial charge on any atom is 0.253 e. The van der Waals surface area contributed by atoms with Crippen molar-refractivity contribution < 1.29 is 4.79 Å². The van der Waals surface area contributed by atoms with Crippen LogP contribution in [0.1, 0.15) is 28.9 Å². The summed E-state index contributed by atoms with van der Waals surface area (Å²) >= 11 is 0. The number of pyridine rings is 1. The number of amides is 1. The lowest BCUT2D eigenvalue weighted by molar-refractivity contribution is 0.0911. The Hall–Kier alpha value is -1.46. The number of nitrogens with one attached hydrogen (secondary N) is 1. The number of piperidine rings is 1. The Morgan fingerprint density at radius 2 is 2.21 bits per heavy atom. The van der Waals surface area contributed by atoms with Gasteiger partial charge in [-0.2, -0.15) is 0 Å². The lowest BCUT2D eigenvalue weighted by atomic mass is 10.0. The van der Waals surface area contributed by atoms with E-state index in [1.807, 2.05) is 19.1 Å². The predicted octanol–water partition coefficient (Wildman–Crippen LogP) is 0.543. The summed E-state index contributed by atoms with van der Waals surface area (Å²) in [5.74, 6) is -0.0234. The summed E-state index contributed by atoms with van der Waals surface area (Å²) in [7, 11) is 0. The number of hydrogen-bond donors (Lipinski definition) is 2. The van der Waals surface area contributed by atoms with Crippen LogP contribution in [0.3, 0.4) is 0 Å². The molecule has 0 bridgehead atoms. The van der Waals surface area contributed by atoms with Crippen molar-refractivity contribution in [2.24, 2.45) is 5.73 Å². The zero-order valence-corrected chi connectivity index (χ0v) is 11.4. The first kappa shape index (κ1) is 14.0. The summed E-state index contributed by atoms with van der Waals surface area (Å²) in [5.41, 5.74) is 7.10. The van der Waals surface area contributed by atoms with Gasteiger partial charge < -0.3 is 16.0 Å². The molecule has 0 radical (unpaired) electrons. The molecule has 19 heavy (non-hydrogen) atoms. The van der Waals surface area contributed by atoms with Crippen molar-refractivity contribution in [3.05, 3.63) is 29.6 Å². The molecule has 104 valence electrons. The normalized spacial score (nSPS) is 17.4. The number of carbonyl (C=O) groups is 1. The van der Waals surface area contributed by atoms with Crippen LogP contribution in [0.2, 0.25) is 0 Å². The van der Waals surface area contributed by atoms with Crippen molar-refractivity contribution in [3.8, 4) is 0 Å². The van der Waals surface area contributed by atoms with Gasteiger partial charge in [-0.3, -0.25) is 9.78 Å². The van der Waals surface area contributed by atoms with Crippen LogP contribution in [0.4, 0.5) is 0 Å². The van der Waals surface area contributed by atoms with E-state index in [9.17, 15) is 4.79 Å². The SMILES string of the molecule is Cc1ccc(C(=O)NC2CCN(CCN)CC2)cn1. The topological polar surface area (TPSA) is 71.2 Å². The molecule has 3 N–H and O–H groups in total. The molecule has 1 aromatic heterocycles. The van der Waals surface area contributed by atoms with E-state index < -0.39 is 0 Å². The van der Waals surface area contributed by atoms with Gasteiger partial charge >= 0.3 is 0 Å². The highest BCUT2D eigenvalue weighted by atomic mass is 16.1. The average Bonchev–Trinajstić information content (AvgIpc) is 2.42. The first-order chi connectivity index (χ1) is 9.19. The molecule has 1 aliphatic heterocycles. The molecular formula is C14H22N4O. The van der Waals surface area contributed by atoms with Crippen LogP contribution in [-0.4, -0.2) is 48.0 Å². The van der Waals surface area contributed by atoms with Gasteiger partial charge in [-0.15, -0.1) is 0 Å². The smallest absolute Gasteiger partial charge is 0.253 e. The zero-order chi connectivity index (χ0) is 13.7. The van der Waals surface area contributed by atoms with E-state index in [0.717, 1.165) is 38.2 Å². The first-order valence-electron chi connectivity index (χ1n) is 6.85. The summed E-state index contributed by atoms with van der Waals surface area (Å²) in [5, 5.41) is 3.08. The summed E-state index contributed by atoms with van der Waals surface area (Å²) in [6, 6.07) is 3.95. The molecule has 1 saturated heterocycles. The van der Waals surface area contributed by atoms with Gasteiger partial charge in [-0.25, -0.2) is 0 Å². The Morgan fingerprint density at radius 3 is 2.79 bits per heavy atom. The molecule has 2 rings (SSSR count). The molecule has 0 saturated carbocycles. The minimum atomic E-state index is -0.0234. The maximum absolute atomic E-state index is 12.0. The minimum absolute atomic E-state index is 0.0234. The van der Waals surface area contributed by atoms with Crippen LogP contribution >= 0.6 is 0 Å². The molecule has 0 spiro atoms. The second kappa shape index (κ2) is 6.63. The fourth-order valence-electron chi connectivity index (χ4n) is 2.35. The predicted molar refractivity (Wildman–Crippen MR) is 75.0 cm³/mol.